The number of nitrogens with one attached hydrogen (secondary N) is 1. The van der Waals surface area contributed by atoms with Crippen molar-refractivity contribution in [2.45, 2.75) is 19.3 Å². The van der Waals surface area contributed by atoms with Gasteiger partial charge in [-0.1, -0.05) is 0 Å². The van der Waals surface area contributed by atoms with E-state index in [1.807, 2.05) is 0 Å². The van der Waals surface area contributed by atoms with Crippen LogP contribution in [0.3, 0.4) is 0 Å². The maximum absolute atomic E-state index is 14.1. The molecule has 3 rings (SSSR count). The van der Waals surface area contributed by atoms with E-state index in [2.05, 4.69) is 20.1 Å². The number of aromatic nitrogens is 3. The lowest BCUT2D eigenvalue weighted by Gasteiger charge is -2.13. The molecule has 0 fully saturated rings. The molecule has 1 aromatic carbocycles. The van der Waals surface area contributed by atoms with Crippen molar-refractivity contribution in [3.05, 3.63) is 54.1 Å². The molecule has 13 heteroatoms. The van der Waals surface area contributed by atoms with Crippen LogP contribution in [0.1, 0.15) is 12.5 Å². The highest BCUT2D eigenvalue weighted by atomic mass is 19.4. The highest BCUT2D eigenvalue weighted by Crippen LogP contribution is 2.33. The summed E-state index contributed by atoms with van der Waals surface area (Å²) in [7, 11) is 0. The third kappa shape index (κ3) is 5.74. The van der Waals surface area contributed by atoms with Crippen molar-refractivity contribution in [3.8, 4) is 22.7 Å². The molecule has 0 radical (unpaired) electrons. The van der Waals surface area contributed by atoms with Crippen molar-refractivity contribution in [1.82, 2.24) is 14.8 Å². The zero-order valence-electron chi connectivity index (χ0n) is 16.1. The molecule has 1 N–H and O–H groups in total. The van der Waals surface area contributed by atoms with Crippen molar-refractivity contribution in [3.63, 3.8) is 0 Å². The smallest absolute Gasteiger partial charge is 0.422 e. The third-order valence-electron chi connectivity index (χ3n) is 3.88. The molecule has 3 aromatic rings. The van der Waals surface area contributed by atoms with Gasteiger partial charge in [0.2, 0.25) is 5.91 Å². The van der Waals surface area contributed by atoms with Crippen LogP contribution in [0.5, 0.6) is 5.75 Å². The van der Waals surface area contributed by atoms with Crippen LogP contribution < -0.4 is 10.1 Å². The first-order valence-corrected chi connectivity index (χ1v) is 8.72. The largest absolute Gasteiger partial charge is 0.484 e. The number of halogens is 7. The molecule has 1 amide bonds. The molecule has 0 bridgehead atoms. The van der Waals surface area contributed by atoms with Crippen LogP contribution in [-0.2, 0) is 11.0 Å². The summed E-state index contributed by atoms with van der Waals surface area (Å²) in [5.74, 6) is -2.06. The van der Waals surface area contributed by atoms with Gasteiger partial charge in [-0.25, -0.2) is 9.07 Å². The van der Waals surface area contributed by atoms with Gasteiger partial charge < -0.3 is 10.1 Å². The standard InChI is InChI=1S/C19H13F7N4O2/c1-10(31)28-17-6-16(11-2-13(20)5-15(3-11)32-9-18(21,22)23)30(29-17)14-4-12(7-27-8-14)19(24,25)26/h2-8H,9H2,1H3,(H,28,29,31). The Hall–Kier alpha value is -3.64. The van der Waals surface area contributed by atoms with E-state index in [-0.39, 0.29) is 22.8 Å². The van der Waals surface area contributed by atoms with E-state index < -0.39 is 42.0 Å². The van der Waals surface area contributed by atoms with Crippen LogP contribution in [0.2, 0.25) is 0 Å². The summed E-state index contributed by atoms with van der Waals surface area (Å²) in [4.78, 5) is 14.9. The first-order chi connectivity index (χ1) is 14.8. The van der Waals surface area contributed by atoms with Gasteiger partial charge in [-0.05, 0) is 18.2 Å². The Labute approximate surface area is 175 Å². The molecule has 0 aliphatic carbocycles. The van der Waals surface area contributed by atoms with Crippen molar-refractivity contribution < 1.29 is 40.3 Å². The van der Waals surface area contributed by atoms with Crippen molar-refractivity contribution in [2.24, 2.45) is 0 Å². The minimum Gasteiger partial charge on any atom is -0.484 e. The lowest BCUT2D eigenvalue weighted by atomic mass is 10.1. The molecule has 0 spiro atoms. The van der Waals surface area contributed by atoms with Gasteiger partial charge in [-0.15, -0.1) is 5.10 Å². The number of rotatable bonds is 5. The monoisotopic (exact) mass is 462 g/mol. The van der Waals surface area contributed by atoms with Crippen LogP contribution in [0.25, 0.3) is 16.9 Å². The maximum Gasteiger partial charge on any atom is 0.422 e. The number of pyridine rings is 1. The SMILES string of the molecule is CC(=O)Nc1cc(-c2cc(F)cc(OCC(F)(F)F)c2)n(-c2cncc(C(F)(F)F)c2)n1. The molecule has 0 saturated carbocycles. The number of nitrogens with zero attached hydrogens (tertiary/aromatic N) is 3. The number of anilines is 1. The van der Waals surface area contributed by atoms with E-state index in [0.29, 0.717) is 6.20 Å². The van der Waals surface area contributed by atoms with Gasteiger partial charge in [0.15, 0.2) is 12.4 Å². The average Bonchev–Trinajstić information content (AvgIpc) is 3.08. The molecular formula is C19H13F7N4O2. The van der Waals surface area contributed by atoms with Gasteiger partial charge in [0, 0.05) is 30.8 Å². The second-order valence-corrected chi connectivity index (χ2v) is 6.52. The Balaban J connectivity index is 2.12. The van der Waals surface area contributed by atoms with Gasteiger partial charge in [0.05, 0.1) is 23.1 Å². The van der Waals surface area contributed by atoms with E-state index in [9.17, 15) is 35.5 Å². The molecule has 2 heterocycles. The molecule has 0 atom stereocenters. The van der Waals surface area contributed by atoms with E-state index >= 15 is 0 Å². The average molecular weight is 462 g/mol. The molecule has 2 aromatic heterocycles. The van der Waals surface area contributed by atoms with Crippen molar-refractivity contribution in [1.29, 1.82) is 0 Å². The van der Waals surface area contributed by atoms with Crippen LogP contribution in [0.15, 0.2) is 42.7 Å². The second kappa shape index (κ2) is 8.48. The topological polar surface area (TPSA) is 69.0 Å². The Kier molecular flexibility index (Phi) is 6.10. The highest BCUT2D eigenvalue weighted by molar-refractivity contribution is 5.88. The Morgan fingerprint density at radius 3 is 2.41 bits per heavy atom. The van der Waals surface area contributed by atoms with Gasteiger partial charge in [0.1, 0.15) is 11.6 Å². The third-order valence-corrected chi connectivity index (χ3v) is 3.88. The molecule has 170 valence electrons. The zero-order valence-corrected chi connectivity index (χ0v) is 16.1. The number of benzene rings is 1. The van der Waals surface area contributed by atoms with Gasteiger partial charge in [-0.3, -0.25) is 9.78 Å². The second-order valence-electron chi connectivity index (χ2n) is 6.52. The fraction of sp³-hybridized carbons (Fsp3) is 0.211. The number of carbonyl (C=O) groups excluding carboxylic acids is 1. The fourth-order valence-electron chi connectivity index (χ4n) is 2.68. The number of hydrogen-bond acceptors (Lipinski definition) is 4. The van der Waals surface area contributed by atoms with Crippen LogP contribution in [-0.4, -0.2) is 33.5 Å². The summed E-state index contributed by atoms with van der Waals surface area (Å²) < 4.78 is 96.2. The summed E-state index contributed by atoms with van der Waals surface area (Å²) in [6.45, 7) is -0.514. The summed E-state index contributed by atoms with van der Waals surface area (Å²) in [6.07, 6.45) is -7.75. The maximum atomic E-state index is 14.1. The highest BCUT2D eigenvalue weighted by Gasteiger charge is 2.32. The first-order valence-electron chi connectivity index (χ1n) is 8.72. The predicted octanol–water partition coefficient (Wildman–Crippen LogP) is 4.99. The quantitative estimate of drug-likeness (QED) is 0.543. The zero-order chi connectivity index (χ0) is 23.7. The van der Waals surface area contributed by atoms with E-state index in [0.717, 1.165) is 42.1 Å². The van der Waals surface area contributed by atoms with E-state index in [1.54, 1.807) is 0 Å². The number of amides is 1. The Morgan fingerprint density at radius 2 is 1.78 bits per heavy atom. The lowest BCUT2D eigenvalue weighted by molar-refractivity contribution is -0.153. The minimum atomic E-state index is -4.71. The van der Waals surface area contributed by atoms with E-state index in [1.165, 1.54) is 6.07 Å². The molecular weight excluding hydrogens is 449 g/mol. The molecule has 0 aliphatic heterocycles. The van der Waals surface area contributed by atoms with Crippen molar-refractivity contribution in [2.75, 3.05) is 11.9 Å². The summed E-state index contributed by atoms with van der Waals surface area (Å²) in [6, 6.07) is 4.63. The summed E-state index contributed by atoms with van der Waals surface area (Å²) in [5, 5.41) is 6.34. The van der Waals surface area contributed by atoms with Gasteiger partial charge in [-0.2, -0.15) is 26.3 Å². The van der Waals surface area contributed by atoms with Gasteiger partial charge in [0.25, 0.3) is 0 Å². The summed E-state index contributed by atoms with van der Waals surface area (Å²) >= 11 is 0. The Bertz CT molecular complexity index is 1140. The van der Waals surface area contributed by atoms with Gasteiger partial charge >= 0.3 is 12.4 Å². The summed E-state index contributed by atoms with van der Waals surface area (Å²) in [5.41, 5.74) is -1.38. The number of alkyl halides is 6. The van der Waals surface area contributed by atoms with Crippen LogP contribution in [0.4, 0.5) is 36.6 Å². The number of carbonyl (C=O) groups is 1. The Morgan fingerprint density at radius 1 is 1.06 bits per heavy atom. The number of hydrogen-bond donors (Lipinski definition) is 1. The molecule has 32 heavy (non-hydrogen) atoms. The minimum absolute atomic E-state index is 0.0359. The molecule has 0 saturated heterocycles. The number of ether oxygens (including phenoxy) is 1. The molecule has 0 unspecified atom stereocenters. The van der Waals surface area contributed by atoms with Crippen LogP contribution in [0, 0.1) is 5.82 Å². The first kappa shape index (κ1) is 23.0. The lowest BCUT2D eigenvalue weighted by Crippen LogP contribution is -2.19. The molecule has 6 nitrogen and oxygen atoms in total. The van der Waals surface area contributed by atoms with Crippen molar-refractivity contribution >= 4 is 11.7 Å². The fourth-order valence-corrected chi connectivity index (χ4v) is 2.68. The van der Waals surface area contributed by atoms with Crippen LogP contribution >= 0.6 is 0 Å². The van der Waals surface area contributed by atoms with E-state index in [4.69, 9.17) is 0 Å². The normalized spacial score (nSPS) is 12.0. The predicted molar refractivity (Wildman–Crippen MR) is 97.6 cm³/mol. The molecule has 0 aliphatic rings.